The van der Waals surface area contributed by atoms with Gasteiger partial charge in [0.2, 0.25) is 0 Å². The second kappa shape index (κ2) is 5.76. The van der Waals surface area contributed by atoms with E-state index in [1.165, 1.54) is 19.3 Å². The molecule has 1 N–H and O–H groups in total. The number of fused-ring (bicyclic) bond motifs is 1. The largest absolute Gasteiger partial charge is 0.506 e. The van der Waals surface area contributed by atoms with Gasteiger partial charge in [0.05, 0.1) is 5.56 Å². The Kier molecular flexibility index (Phi) is 3.82. The number of phenols is 1. The van der Waals surface area contributed by atoms with Crippen LogP contribution in [0.4, 0.5) is 0 Å². The van der Waals surface area contributed by atoms with Gasteiger partial charge >= 0.3 is 0 Å². The minimum Gasteiger partial charge on any atom is -0.506 e. The Labute approximate surface area is 125 Å². The van der Waals surface area contributed by atoms with E-state index >= 15 is 0 Å². The number of benzene rings is 2. The second-order valence-corrected chi connectivity index (χ2v) is 5.82. The van der Waals surface area contributed by atoms with Crippen molar-refractivity contribution in [1.29, 1.82) is 0 Å². The number of carbonyl (C=O) groups is 1. The van der Waals surface area contributed by atoms with Crippen LogP contribution in [0.25, 0.3) is 10.8 Å². The molecule has 3 heteroatoms. The van der Waals surface area contributed by atoms with Crippen LogP contribution < -0.4 is 0 Å². The molecule has 21 heavy (non-hydrogen) atoms. The molecule has 0 spiro atoms. The summed E-state index contributed by atoms with van der Waals surface area (Å²) in [4.78, 5) is 14.5. The molecule has 3 rings (SSSR count). The van der Waals surface area contributed by atoms with E-state index in [0.29, 0.717) is 18.0 Å². The molecule has 0 radical (unpaired) electrons. The summed E-state index contributed by atoms with van der Waals surface area (Å²) in [6.07, 6.45) is 3.71. The lowest BCUT2D eigenvalue weighted by Gasteiger charge is -2.32. The molecule has 0 bridgehead atoms. The predicted molar refractivity (Wildman–Crippen MR) is 84.5 cm³/mol. The van der Waals surface area contributed by atoms with Crippen molar-refractivity contribution in [2.45, 2.75) is 26.2 Å². The number of aromatic hydroxyl groups is 1. The first-order valence-electron chi connectivity index (χ1n) is 7.70. The number of amides is 1. The zero-order valence-corrected chi connectivity index (χ0v) is 12.4. The molecule has 0 aliphatic heterocycles. The highest BCUT2D eigenvalue weighted by Crippen LogP contribution is 2.31. The average Bonchev–Trinajstić information content (AvgIpc) is 2.46. The van der Waals surface area contributed by atoms with Crippen molar-refractivity contribution in [1.82, 2.24) is 4.90 Å². The summed E-state index contributed by atoms with van der Waals surface area (Å²) in [5, 5.41) is 12.1. The van der Waals surface area contributed by atoms with E-state index in [4.69, 9.17) is 0 Å². The Morgan fingerprint density at radius 3 is 2.67 bits per heavy atom. The minimum atomic E-state index is -0.0624. The first-order valence-corrected chi connectivity index (χ1v) is 7.70. The lowest BCUT2D eigenvalue weighted by atomic mass is 9.85. The molecule has 3 nitrogen and oxygen atoms in total. The molecule has 1 saturated carbocycles. The van der Waals surface area contributed by atoms with Crippen molar-refractivity contribution >= 4 is 16.7 Å². The Hall–Kier alpha value is -2.03. The summed E-state index contributed by atoms with van der Waals surface area (Å²) in [7, 11) is 0. The highest BCUT2D eigenvalue weighted by Gasteiger charge is 2.25. The molecule has 0 saturated heterocycles. The third-order valence-electron chi connectivity index (χ3n) is 4.50. The van der Waals surface area contributed by atoms with Gasteiger partial charge in [-0.2, -0.15) is 0 Å². The maximum Gasteiger partial charge on any atom is 0.257 e. The fraction of sp³-hybridized carbons (Fsp3) is 0.389. The Morgan fingerprint density at radius 2 is 2.00 bits per heavy atom. The van der Waals surface area contributed by atoms with Gasteiger partial charge in [-0.3, -0.25) is 4.79 Å². The molecule has 1 aliphatic rings. The third kappa shape index (κ3) is 2.60. The summed E-state index contributed by atoms with van der Waals surface area (Å²) in [6.45, 7) is 3.48. The van der Waals surface area contributed by atoms with Gasteiger partial charge in [-0.25, -0.2) is 0 Å². The molecule has 0 atom stereocenters. The number of carbonyl (C=O) groups excluding carboxylic acids is 1. The Morgan fingerprint density at radius 1 is 1.24 bits per heavy atom. The van der Waals surface area contributed by atoms with E-state index < -0.39 is 0 Å². The SMILES string of the molecule is CCN(CC1CCC1)C(=O)c1ccc2ccccc2c1O. The second-order valence-electron chi connectivity index (χ2n) is 5.82. The number of rotatable bonds is 4. The van der Waals surface area contributed by atoms with E-state index in [-0.39, 0.29) is 11.7 Å². The quantitative estimate of drug-likeness (QED) is 0.927. The van der Waals surface area contributed by atoms with E-state index in [1.54, 1.807) is 6.07 Å². The van der Waals surface area contributed by atoms with Crippen LogP contribution in [0, 0.1) is 5.92 Å². The lowest BCUT2D eigenvalue weighted by Crippen LogP contribution is -2.37. The first-order chi connectivity index (χ1) is 10.2. The van der Waals surface area contributed by atoms with Gasteiger partial charge in [-0.05, 0) is 37.1 Å². The van der Waals surface area contributed by atoms with Gasteiger partial charge in [0.25, 0.3) is 5.91 Å². The molecular weight excluding hydrogens is 262 g/mol. The van der Waals surface area contributed by atoms with Crippen molar-refractivity contribution in [3.63, 3.8) is 0 Å². The van der Waals surface area contributed by atoms with Crippen molar-refractivity contribution in [2.24, 2.45) is 5.92 Å². The lowest BCUT2D eigenvalue weighted by molar-refractivity contribution is 0.0704. The highest BCUT2D eigenvalue weighted by molar-refractivity contribution is 6.03. The fourth-order valence-corrected chi connectivity index (χ4v) is 2.94. The Bertz CT molecular complexity index is 661. The van der Waals surface area contributed by atoms with Crippen LogP contribution in [-0.4, -0.2) is 29.0 Å². The van der Waals surface area contributed by atoms with Gasteiger partial charge < -0.3 is 10.0 Å². The third-order valence-corrected chi connectivity index (χ3v) is 4.50. The molecule has 0 heterocycles. The van der Waals surface area contributed by atoms with Gasteiger partial charge in [0.1, 0.15) is 5.75 Å². The normalized spacial score (nSPS) is 14.9. The van der Waals surface area contributed by atoms with E-state index in [0.717, 1.165) is 17.3 Å². The number of nitrogens with zero attached hydrogens (tertiary/aromatic N) is 1. The summed E-state index contributed by atoms with van der Waals surface area (Å²) in [5.41, 5.74) is 0.412. The van der Waals surface area contributed by atoms with Crippen molar-refractivity contribution < 1.29 is 9.90 Å². The van der Waals surface area contributed by atoms with Crippen LogP contribution in [0.5, 0.6) is 5.75 Å². The van der Waals surface area contributed by atoms with Crippen LogP contribution in [0.15, 0.2) is 36.4 Å². The molecule has 2 aromatic carbocycles. The van der Waals surface area contributed by atoms with Gasteiger partial charge in [0.15, 0.2) is 0 Å². The minimum absolute atomic E-state index is 0.0624. The van der Waals surface area contributed by atoms with Crippen LogP contribution >= 0.6 is 0 Å². The number of hydrogen-bond donors (Lipinski definition) is 1. The van der Waals surface area contributed by atoms with Crippen LogP contribution in [0.2, 0.25) is 0 Å². The molecular formula is C18H21NO2. The monoisotopic (exact) mass is 283 g/mol. The number of phenolic OH excluding ortho intramolecular Hbond substituents is 1. The molecule has 0 unspecified atom stereocenters. The maximum absolute atomic E-state index is 12.7. The van der Waals surface area contributed by atoms with E-state index in [1.807, 2.05) is 42.2 Å². The molecule has 1 aliphatic carbocycles. The predicted octanol–water partition coefficient (Wildman–Crippen LogP) is 3.81. The Balaban J connectivity index is 1.90. The number of hydrogen-bond acceptors (Lipinski definition) is 2. The zero-order chi connectivity index (χ0) is 14.8. The van der Waals surface area contributed by atoms with Crippen LogP contribution in [-0.2, 0) is 0 Å². The molecule has 2 aromatic rings. The van der Waals surface area contributed by atoms with Gasteiger partial charge in [-0.15, -0.1) is 0 Å². The van der Waals surface area contributed by atoms with Crippen LogP contribution in [0.1, 0.15) is 36.5 Å². The summed E-state index contributed by atoms with van der Waals surface area (Å²) in [6, 6.07) is 11.2. The molecule has 0 aromatic heterocycles. The first kappa shape index (κ1) is 13.9. The highest BCUT2D eigenvalue weighted by atomic mass is 16.3. The van der Waals surface area contributed by atoms with Gasteiger partial charge in [0, 0.05) is 18.5 Å². The molecule has 1 fully saturated rings. The van der Waals surface area contributed by atoms with Gasteiger partial charge in [-0.1, -0.05) is 36.8 Å². The van der Waals surface area contributed by atoms with Crippen molar-refractivity contribution in [2.75, 3.05) is 13.1 Å². The van der Waals surface area contributed by atoms with Crippen molar-refractivity contribution in [3.8, 4) is 5.75 Å². The topological polar surface area (TPSA) is 40.5 Å². The van der Waals surface area contributed by atoms with E-state index in [2.05, 4.69) is 0 Å². The summed E-state index contributed by atoms with van der Waals surface area (Å²) >= 11 is 0. The zero-order valence-electron chi connectivity index (χ0n) is 12.4. The van der Waals surface area contributed by atoms with Crippen LogP contribution in [0.3, 0.4) is 0 Å². The summed E-state index contributed by atoms with van der Waals surface area (Å²) < 4.78 is 0. The van der Waals surface area contributed by atoms with E-state index in [9.17, 15) is 9.90 Å². The summed E-state index contributed by atoms with van der Waals surface area (Å²) in [5.74, 6) is 0.675. The average molecular weight is 283 g/mol. The van der Waals surface area contributed by atoms with Crippen molar-refractivity contribution in [3.05, 3.63) is 42.0 Å². The standard InChI is InChI=1S/C18H21NO2/c1-2-19(12-13-6-5-7-13)18(21)16-11-10-14-8-3-4-9-15(14)17(16)20/h3-4,8-11,13,20H,2,5-7,12H2,1H3. The maximum atomic E-state index is 12.7. The smallest absolute Gasteiger partial charge is 0.257 e. The molecule has 1 amide bonds. The fourth-order valence-electron chi connectivity index (χ4n) is 2.94. The molecule has 110 valence electrons.